The van der Waals surface area contributed by atoms with E-state index in [2.05, 4.69) is 20.9 Å². The van der Waals surface area contributed by atoms with Crippen LogP contribution in [0.1, 0.15) is 17.7 Å². The van der Waals surface area contributed by atoms with Crippen LogP contribution in [0.3, 0.4) is 0 Å². The van der Waals surface area contributed by atoms with E-state index in [0.29, 0.717) is 38.4 Å². The molecule has 5 rings (SSSR count). The van der Waals surface area contributed by atoms with Gasteiger partial charge in [-0.2, -0.15) is 9.97 Å². The van der Waals surface area contributed by atoms with Gasteiger partial charge in [-0.3, -0.25) is 4.90 Å². The Morgan fingerprint density at radius 3 is 2.90 bits per heavy atom. The molecular formula is C23H26FN5O2. The van der Waals surface area contributed by atoms with Gasteiger partial charge in [0.05, 0.1) is 12.2 Å². The van der Waals surface area contributed by atoms with E-state index in [0.717, 1.165) is 34.3 Å². The molecule has 3 heterocycles. The Kier molecular flexibility index (Phi) is 5.02. The third-order valence-electron chi connectivity index (χ3n) is 6.28. The van der Waals surface area contributed by atoms with Crippen LogP contribution in [0, 0.1) is 0 Å². The largest absolute Gasteiger partial charge is 0.508 e. The predicted octanol–water partition coefficient (Wildman–Crippen LogP) is 2.90. The van der Waals surface area contributed by atoms with Crippen LogP contribution in [0.25, 0.3) is 10.8 Å². The molecule has 0 spiro atoms. The number of aromatic nitrogens is 2. The fraction of sp³-hybridized carbons (Fsp3) is 0.391. The van der Waals surface area contributed by atoms with Gasteiger partial charge in [0, 0.05) is 41.8 Å². The number of likely N-dealkylation sites (tertiary alicyclic amines) is 1. The van der Waals surface area contributed by atoms with Crippen molar-refractivity contribution in [3.05, 3.63) is 47.7 Å². The van der Waals surface area contributed by atoms with Crippen LogP contribution in [-0.2, 0) is 13.0 Å². The molecule has 1 saturated heterocycles. The van der Waals surface area contributed by atoms with Gasteiger partial charge in [0.1, 0.15) is 24.3 Å². The fourth-order valence-corrected chi connectivity index (χ4v) is 4.62. The Bertz CT molecular complexity index is 1120. The van der Waals surface area contributed by atoms with Crippen molar-refractivity contribution in [3.63, 3.8) is 0 Å². The van der Waals surface area contributed by atoms with Crippen molar-refractivity contribution in [2.75, 3.05) is 37.4 Å². The standard InChI is InChI=1S/C23H26FN5O2/c1-28-11-15(24)9-16(28)13-31-23-26-20-12-29(7-6-19(20)22(25)27-23)21-10-17(30)8-14-4-2-3-5-18(14)21/h2-5,8,10,15-16,30H,6-7,9,11-13H2,1H3,(H2,25,26,27)/t15-,16+/m1/s1. The number of phenolic OH excluding ortho intramolecular Hbond substituents is 1. The van der Waals surface area contributed by atoms with Gasteiger partial charge in [-0.05, 0) is 31.3 Å². The molecule has 8 heteroatoms. The third kappa shape index (κ3) is 3.83. The van der Waals surface area contributed by atoms with Crippen LogP contribution in [0.5, 0.6) is 11.8 Å². The maximum atomic E-state index is 13.6. The first-order chi connectivity index (χ1) is 15.0. The minimum absolute atomic E-state index is 0.00557. The SMILES string of the molecule is CN1C[C@H](F)C[C@H]1COc1nc(N)c2c(n1)CN(c1cc(O)cc3ccccc13)CC2. The van der Waals surface area contributed by atoms with Gasteiger partial charge in [0.25, 0.3) is 0 Å². The summed E-state index contributed by atoms with van der Waals surface area (Å²) in [5.74, 6) is 0.668. The Morgan fingerprint density at radius 2 is 2.10 bits per heavy atom. The highest BCUT2D eigenvalue weighted by molar-refractivity contribution is 5.95. The maximum Gasteiger partial charge on any atom is 0.318 e. The van der Waals surface area contributed by atoms with Crippen LogP contribution in [0.4, 0.5) is 15.9 Å². The van der Waals surface area contributed by atoms with Gasteiger partial charge in [0.15, 0.2) is 0 Å². The number of hydrogen-bond donors (Lipinski definition) is 2. The van der Waals surface area contributed by atoms with E-state index in [9.17, 15) is 9.50 Å². The highest BCUT2D eigenvalue weighted by atomic mass is 19.1. The number of anilines is 2. The molecule has 0 aliphatic carbocycles. The van der Waals surface area contributed by atoms with E-state index in [4.69, 9.17) is 10.5 Å². The number of fused-ring (bicyclic) bond motifs is 2. The summed E-state index contributed by atoms with van der Waals surface area (Å²) >= 11 is 0. The van der Waals surface area contributed by atoms with E-state index in [1.807, 2.05) is 30.1 Å². The fourth-order valence-electron chi connectivity index (χ4n) is 4.62. The first kappa shape index (κ1) is 19.8. The molecule has 1 aromatic heterocycles. The number of nitrogens with two attached hydrogens (primary N) is 1. The van der Waals surface area contributed by atoms with E-state index in [-0.39, 0.29) is 17.8 Å². The zero-order chi connectivity index (χ0) is 21.5. The minimum atomic E-state index is -0.821. The van der Waals surface area contributed by atoms with Crippen molar-refractivity contribution in [2.24, 2.45) is 0 Å². The number of rotatable bonds is 4. The van der Waals surface area contributed by atoms with Crippen LogP contribution >= 0.6 is 0 Å². The molecule has 3 N–H and O–H groups in total. The Hall–Kier alpha value is -3.13. The van der Waals surface area contributed by atoms with Crippen molar-refractivity contribution < 1.29 is 14.2 Å². The van der Waals surface area contributed by atoms with Crippen LogP contribution < -0.4 is 15.4 Å². The molecule has 7 nitrogen and oxygen atoms in total. The average molecular weight is 423 g/mol. The molecule has 2 aliphatic heterocycles. The monoisotopic (exact) mass is 423 g/mol. The summed E-state index contributed by atoms with van der Waals surface area (Å²) < 4.78 is 19.4. The first-order valence-corrected chi connectivity index (χ1v) is 10.6. The Labute approximate surface area is 180 Å². The lowest BCUT2D eigenvalue weighted by Crippen LogP contribution is -2.33. The number of likely N-dealkylation sites (N-methyl/N-ethyl adjacent to an activating group) is 1. The smallest absolute Gasteiger partial charge is 0.318 e. The Morgan fingerprint density at radius 1 is 1.26 bits per heavy atom. The highest BCUT2D eigenvalue weighted by Crippen LogP contribution is 2.35. The van der Waals surface area contributed by atoms with Crippen molar-refractivity contribution in [1.82, 2.24) is 14.9 Å². The average Bonchev–Trinajstić information content (AvgIpc) is 3.08. The topological polar surface area (TPSA) is 87.7 Å². The van der Waals surface area contributed by atoms with Crippen molar-refractivity contribution in [1.29, 1.82) is 0 Å². The summed E-state index contributed by atoms with van der Waals surface area (Å²) in [6, 6.07) is 11.8. The van der Waals surface area contributed by atoms with Crippen molar-refractivity contribution in [3.8, 4) is 11.8 Å². The number of aromatic hydroxyl groups is 1. The second-order valence-corrected chi connectivity index (χ2v) is 8.41. The second-order valence-electron chi connectivity index (χ2n) is 8.41. The number of nitrogen functional groups attached to an aromatic ring is 1. The van der Waals surface area contributed by atoms with E-state index < -0.39 is 6.17 Å². The molecule has 0 bridgehead atoms. The molecule has 31 heavy (non-hydrogen) atoms. The lowest BCUT2D eigenvalue weighted by Gasteiger charge is -2.31. The number of alkyl halides is 1. The summed E-state index contributed by atoms with van der Waals surface area (Å²) in [4.78, 5) is 13.1. The Balaban J connectivity index is 1.39. The molecule has 2 aliphatic rings. The van der Waals surface area contributed by atoms with Crippen LogP contribution in [0.15, 0.2) is 36.4 Å². The molecular weight excluding hydrogens is 397 g/mol. The van der Waals surface area contributed by atoms with Crippen molar-refractivity contribution in [2.45, 2.75) is 31.6 Å². The molecule has 1 fully saturated rings. The van der Waals surface area contributed by atoms with Gasteiger partial charge in [-0.15, -0.1) is 0 Å². The number of halogens is 1. The van der Waals surface area contributed by atoms with E-state index >= 15 is 0 Å². The molecule has 0 unspecified atom stereocenters. The van der Waals surface area contributed by atoms with E-state index in [1.165, 1.54) is 0 Å². The number of ether oxygens (including phenoxy) is 1. The lowest BCUT2D eigenvalue weighted by molar-refractivity contribution is 0.187. The predicted molar refractivity (Wildman–Crippen MR) is 118 cm³/mol. The maximum absolute atomic E-state index is 13.6. The van der Waals surface area contributed by atoms with Crippen molar-refractivity contribution >= 4 is 22.3 Å². The van der Waals surface area contributed by atoms with E-state index in [1.54, 1.807) is 12.1 Å². The van der Waals surface area contributed by atoms with Crippen LogP contribution in [-0.4, -0.2) is 58.9 Å². The molecule has 2 atom stereocenters. The molecule has 3 aromatic rings. The third-order valence-corrected chi connectivity index (χ3v) is 6.28. The normalized spacial score (nSPS) is 21.4. The highest BCUT2D eigenvalue weighted by Gasteiger charge is 2.30. The first-order valence-electron chi connectivity index (χ1n) is 10.6. The zero-order valence-electron chi connectivity index (χ0n) is 17.5. The summed E-state index contributed by atoms with van der Waals surface area (Å²) in [5, 5.41) is 12.3. The molecule has 0 amide bonds. The van der Waals surface area contributed by atoms with Gasteiger partial charge in [0.2, 0.25) is 0 Å². The molecule has 2 aromatic carbocycles. The number of hydrogen-bond acceptors (Lipinski definition) is 7. The van der Waals surface area contributed by atoms with Gasteiger partial charge in [-0.25, -0.2) is 4.39 Å². The molecule has 0 saturated carbocycles. The van der Waals surface area contributed by atoms with Crippen LogP contribution in [0.2, 0.25) is 0 Å². The number of benzene rings is 2. The number of phenols is 1. The minimum Gasteiger partial charge on any atom is -0.508 e. The van der Waals surface area contributed by atoms with Gasteiger partial charge in [-0.1, -0.05) is 24.3 Å². The lowest BCUT2D eigenvalue weighted by atomic mass is 10.0. The number of nitrogens with zero attached hydrogens (tertiary/aromatic N) is 4. The molecule has 0 radical (unpaired) electrons. The summed E-state index contributed by atoms with van der Waals surface area (Å²) in [6.45, 7) is 2.05. The summed E-state index contributed by atoms with van der Waals surface area (Å²) in [5.41, 5.74) is 8.94. The summed E-state index contributed by atoms with van der Waals surface area (Å²) in [6.07, 6.45) is 0.342. The summed E-state index contributed by atoms with van der Waals surface area (Å²) in [7, 11) is 1.90. The van der Waals surface area contributed by atoms with Gasteiger partial charge < -0.3 is 20.5 Å². The zero-order valence-corrected chi connectivity index (χ0v) is 17.5. The molecule has 162 valence electrons. The quantitative estimate of drug-likeness (QED) is 0.667. The van der Waals surface area contributed by atoms with Gasteiger partial charge >= 0.3 is 6.01 Å². The second kappa shape index (κ2) is 7.85.